The predicted octanol–water partition coefficient (Wildman–Crippen LogP) is 0.0599. The highest BCUT2D eigenvalue weighted by atomic mass is 32.2. The lowest BCUT2D eigenvalue weighted by atomic mass is 10.2. The summed E-state index contributed by atoms with van der Waals surface area (Å²) in [5.74, 6) is 0.311. The molecule has 122 valence electrons. The van der Waals surface area contributed by atoms with Crippen molar-refractivity contribution in [2.75, 3.05) is 37.8 Å². The van der Waals surface area contributed by atoms with Crippen LogP contribution in [0.4, 0.5) is 5.95 Å². The van der Waals surface area contributed by atoms with E-state index in [0.29, 0.717) is 43.4 Å². The second-order valence-electron chi connectivity index (χ2n) is 5.24. The molecule has 1 aliphatic rings. The second kappa shape index (κ2) is 6.67. The Morgan fingerprint density at radius 3 is 2.86 bits per heavy atom. The van der Waals surface area contributed by atoms with Gasteiger partial charge in [-0.15, -0.1) is 0 Å². The molecule has 22 heavy (non-hydrogen) atoms. The molecular formula is C13H20N4O4S. The maximum absolute atomic E-state index is 11.5. The lowest BCUT2D eigenvalue weighted by Gasteiger charge is -2.31. The van der Waals surface area contributed by atoms with Gasteiger partial charge in [-0.1, -0.05) is 0 Å². The van der Waals surface area contributed by atoms with E-state index in [-0.39, 0.29) is 11.9 Å². The van der Waals surface area contributed by atoms with Gasteiger partial charge in [0.2, 0.25) is 16.0 Å². The normalized spacial score (nSPS) is 19.9. The van der Waals surface area contributed by atoms with Crippen LogP contribution in [0.1, 0.15) is 23.0 Å². The Morgan fingerprint density at radius 1 is 1.55 bits per heavy atom. The van der Waals surface area contributed by atoms with Crippen LogP contribution in [0.3, 0.4) is 0 Å². The number of aryl methyl sites for hydroxylation is 1. The number of sulfonamides is 1. The monoisotopic (exact) mass is 328 g/mol. The van der Waals surface area contributed by atoms with Gasteiger partial charge in [-0.3, -0.25) is 4.79 Å². The molecule has 0 bridgehead atoms. The molecule has 0 amide bonds. The van der Waals surface area contributed by atoms with E-state index >= 15 is 0 Å². The van der Waals surface area contributed by atoms with Crippen LogP contribution in [0, 0.1) is 6.92 Å². The van der Waals surface area contributed by atoms with Crippen LogP contribution >= 0.6 is 0 Å². The quantitative estimate of drug-likeness (QED) is 0.763. The largest absolute Gasteiger partial charge is 0.374 e. The first kappa shape index (κ1) is 16.8. The SMILES string of the molecule is CC(=O)c1cnc(NCC2CN(S(C)(=O)=O)CCO2)nc1C. The van der Waals surface area contributed by atoms with Gasteiger partial charge < -0.3 is 10.1 Å². The number of carbonyl (C=O) groups is 1. The van der Waals surface area contributed by atoms with E-state index in [1.54, 1.807) is 6.92 Å². The van der Waals surface area contributed by atoms with Crippen molar-refractivity contribution >= 4 is 21.8 Å². The Kier molecular flexibility index (Phi) is 5.09. The molecule has 1 fully saturated rings. The van der Waals surface area contributed by atoms with Gasteiger partial charge in [0.05, 0.1) is 30.2 Å². The number of nitrogens with zero attached hydrogens (tertiary/aromatic N) is 3. The summed E-state index contributed by atoms with van der Waals surface area (Å²) in [4.78, 5) is 19.6. The van der Waals surface area contributed by atoms with Crippen molar-refractivity contribution in [2.45, 2.75) is 20.0 Å². The van der Waals surface area contributed by atoms with Gasteiger partial charge in [0, 0.05) is 25.8 Å². The van der Waals surface area contributed by atoms with Crippen molar-refractivity contribution in [3.8, 4) is 0 Å². The summed E-state index contributed by atoms with van der Waals surface area (Å²) in [5, 5.41) is 3.01. The van der Waals surface area contributed by atoms with Crippen molar-refractivity contribution < 1.29 is 17.9 Å². The number of carbonyl (C=O) groups excluding carboxylic acids is 1. The molecule has 0 radical (unpaired) electrons. The van der Waals surface area contributed by atoms with E-state index in [9.17, 15) is 13.2 Å². The summed E-state index contributed by atoms with van der Waals surface area (Å²) < 4.78 is 30.0. The van der Waals surface area contributed by atoms with Gasteiger partial charge in [-0.2, -0.15) is 4.31 Å². The molecule has 0 aromatic carbocycles. The van der Waals surface area contributed by atoms with Gasteiger partial charge in [-0.05, 0) is 13.8 Å². The molecule has 0 saturated carbocycles. The highest BCUT2D eigenvalue weighted by Gasteiger charge is 2.26. The van der Waals surface area contributed by atoms with Crippen LogP contribution in [0.5, 0.6) is 0 Å². The van der Waals surface area contributed by atoms with Crippen LogP contribution in [0.2, 0.25) is 0 Å². The van der Waals surface area contributed by atoms with E-state index in [1.165, 1.54) is 23.7 Å². The molecule has 2 rings (SSSR count). The fraction of sp³-hybridized carbons (Fsp3) is 0.615. The van der Waals surface area contributed by atoms with Crippen LogP contribution in [0.15, 0.2) is 6.20 Å². The zero-order chi connectivity index (χ0) is 16.3. The Morgan fingerprint density at radius 2 is 2.27 bits per heavy atom. The summed E-state index contributed by atoms with van der Waals surface area (Å²) >= 11 is 0. The van der Waals surface area contributed by atoms with Gasteiger partial charge in [0.15, 0.2) is 5.78 Å². The summed E-state index contributed by atoms with van der Waals surface area (Å²) in [5.41, 5.74) is 1.09. The summed E-state index contributed by atoms with van der Waals surface area (Å²) in [6.45, 7) is 4.64. The lowest BCUT2D eigenvalue weighted by molar-refractivity contribution is 0.00696. The number of aromatic nitrogens is 2. The average molecular weight is 328 g/mol. The van der Waals surface area contributed by atoms with Crippen LogP contribution in [-0.4, -0.2) is 67.1 Å². The van der Waals surface area contributed by atoms with Crippen molar-refractivity contribution in [3.63, 3.8) is 0 Å². The Balaban J connectivity index is 1.95. The third-order valence-corrected chi connectivity index (χ3v) is 4.69. The van der Waals surface area contributed by atoms with Crippen molar-refractivity contribution in [2.24, 2.45) is 0 Å². The maximum Gasteiger partial charge on any atom is 0.222 e. The van der Waals surface area contributed by atoms with Crippen molar-refractivity contribution in [1.82, 2.24) is 14.3 Å². The Labute approximate surface area is 129 Å². The fourth-order valence-corrected chi connectivity index (χ4v) is 3.06. The molecule has 9 heteroatoms. The predicted molar refractivity (Wildman–Crippen MR) is 81.4 cm³/mol. The number of ether oxygens (including phenoxy) is 1. The molecular weight excluding hydrogens is 308 g/mol. The Bertz CT molecular complexity index is 662. The molecule has 1 aromatic heterocycles. The van der Waals surface area contributed by atoms with E-state index in [2.05, 4.69) is 15.3 Å². The summed E-state index contributed by atoms with van der Waals surface area (Å²) in [7, 11) is -3.21. The van der Waals surface area contributed by atoms with E-state index in [4.69, 9.17) is 4.74 Å². The number of Topliss-reactive ketones (excluding diaryl/α,β-unsaturated/α-hetero) is 1. The molecule has 1 aliphatic heterocycles. The molecule has 0 aliphatic carbocycles. The lowest BCUT2D eigenvalue weighted by Crippen LogP contribution is -2.47. The number of hydrogen-bond donors (Lipinski definition) is 1. The zero-order valence-corrected chi connectivity index (χ0v) is 13.7. The van der Waals surface area contributed by atoms with Gasteiger partial charge >= 0.3 is 0 Å². The molecule has 1 N–H and O–H groups in total. The minimum absolute atomic E-state index is 0.0801. The number of rotatable bonds is 5. The summed E-state index contributed by atoms with van der Waals surface area (Å²) in [6, 6.07) is 0. The fourth-order valence-electron chi connectivity index (χ4n) is 2.22. The molecule has 1 unspecified atom stereocenters. The minimum atomic E-state index is -3.21. The molecule has 8 nitrogen and oxygen atoms in total. The third-order valence-electron chi connectivity index (χ3n) is 3.42. The van der Waals surface area contributed by atoms with E-state index in [1.807, 2.05) is 0 Å². The maximum atomic E-state index is 11.5. The first-order valence-electron chi connectivity index (χ1n) is 6.92. The van der Waals surface area contributed by atoms with E-state index in [0.717, 1.165) is 0 Å². The van der Waals surface area contributed by atoms with Crippen molar-refractivity contribution in [3.05, 3.63) is 17.5 Å². The van der Waals surface area contributed by atoms with Crippen LogP contribution < -0.4 is 5.32 Å². The first-order valence-corrected chi connectivity index (χ1v) is 8.77. The first-order chi connectivity index (χ1) is 10.3. The molecule has 1 atom stereocenters. The number of nitrogens with one attached hydrogen (secondary N) is 1. The highest BCUT2D eigenvalue weighted by molar-refractivity contribution is 7.88. The van der Waals surface area contributed by atoms with E-state index < -0.39 is 10.0 Å². The van der Waals surface area contributed by atoms with Gasteiger partial charge in [-0.25, -0.2) is 18.4 Å². The molecule has 2 heterocycles. The minimum Gasteiger partial charge on any atom is -0.374 e. The van der Waals surface area contributed by atoms with Crippen LogP contribution in [0.25, 0.3) is 0 Å². The molecule has 1 aromatic rings. The number of anilines is 1. The average Bonchev–Trinajstić information content (AvgIpc) is 2.44. The zero-order valence-electron chi connectivity index (χ0n) is 12.9. The number of morpholine rings is 1. The topological polar surface area (TPSA) is 101 Å². The smallest absolute Gasteiger partial charge is 0.222 e. The standard InChI is InChI=1S/C13H20N4O4S/c1-9-12(10(2)18)7-15-13(16-9)14-6-11-8-17(4-5-21-11)22(3,19)20/h7,11H,4-6,8H2,1-3H3,(H,14,15,16). The third kappa shape index (κ3) is 4.21. The highest BCUT2D eigenvalue weighted by Crippen LogP contribution is 2.11. The van der Waals surface area contributed by atoms with Gasteiger partial charge in [0.25, 0.3) is 0 Å². The summed E-state index contributed by atoms with van der Waals surface area (Å²) in [6.07, 6.45) is 2.41. The molecule has 0 spiro atoms. The van der Waals surface area contributed by atoms with Crippen LogP contribution in [-0.2, 0) is 14.8 Å². The number of ketones is 1. The second-order valence-corrected chi connectivity index (χ2v) is 7.23. The van der Waals surface area contributed by atoms with Crippen molar-refractivity contribution in [1.29, 1.82) is 0 Å². The number of hydrogen-bond acceptors (Lipinski definition) is 7. The molecule has 1 saturated heterocycles. The Hall–Kier alpha value is -1.58. The van der Waals surface area contributed by atoms with Gasteiger partial charge in [0.1, 0.15) is 0 Å².